The lowest BCUT2D eigenvalue weighted by molar-refractivity contribution is 1.58. The number of fused-ring (bicyclic) bond motifs is 6. The minimum absolute atomic E-state index is 1.21. The first-order valence-electron chi connectivity index (χ1n) is 20.2. The van der Waals surface area contributed by atoms with E-state index in [1.54, 1.807) is 0 Å². The van der Waals surface area contributed by atoms with Gasteiger partial charge >= 0.3 is 0 Å². The summed E-state index contributed by atoms with van der Waals surface area (Å²) in [6.07, 6.45) is 0. The minimum Gasteiger partial charge on any atom is -0.0622 e. The highest BCUT2D eigenvalue weighted by atomic mass is 14.3. The van der Waals surface area contributed by atoms with E-state index in [0.717, 1.165) is 0 Å². The maximum Gasteiger partial charge on any atom is -0.00134 e. The first kappa shape index (κ1) is 32.7. The van der Waals surface area contributed by atoms with Gasteiger partial charge in [-0.25, -0.2) is 0 Å². The van der Waals surface area contributed by atoms with Gasteiger partial charge in [0.2, 0.25) is 0 Å². The Kier molecular flexibility index (Phi) is 7.33. The van der Waals surface area contributed by atoms with Crippen molar-refractivity contribution in [3.05, 3.63) is 218 Å². The van der Waals surface area contributed by atoms with E-state index in [9.17, 15) is 0 Å². The van der Waals surface area contributed by atoms with Crippen LogP contribution < -0.4 is 0 Å². The van der Waals surface area contributed by atoms with Gasteiger partial charge in [-0.05, 0) is 132 Å². The lowest BCUT2D eigenvalue weighted by atomic mass is 9.79. The third kappa shape index (κ3) is 4.89. The highest BCUT2D eigenvalue weighted by Gasteiger charge is 2.24. The topological polar surface area (TPSA) is 0 Å². The maximum atomic E-state index is 2.44. The molecule has 0 amide bonds. The van der Waals surface area contributed by atoms with Gasteiger partial charge in [-0.1, -0.05) is 206 Å². The molecule has 0 aliphatic heterocycles. The summed E-state index contributed by atoms with van der Waals surface area (Å²) >= 11 is 0. The molecule has 0 saturated carbocycles. The number of hydrogen-bond donors (Lipinski definition) is 0. The summed E-state index contributed by atoms with van der Waals surface area (Å²) in [7, 11) is 0. The van der Waals surface area contributed by atoms with Gasteiger partial charge in [0.1, 0.15) is 0 Å². The van der Waals surface area contributed by atoms with Crippen molar-refractivity contribution in [2.24, 2.45) is 0 Å². The Morgan fingerprint density at radius 2 is 0.690 bits per heavy atom. The first-order valence-corrected chi connectivity index (χ1v) is 20.2. The highest BCUT2D eigenvalue weighted by molar-refractivity contribution is 6.44. The van der Waals surface area contributed by atoms with Crippen molar-refractivity contribution in [3.63, 3.8) is 0 Å². The molecule has 0 heterocycles. The van der Waals surface area contributed by atoms with Crippen molar-refractivity contribution >= 4 is 64.6 Å². The molecule has 0 aliphatic rings. The van der Waals surface area contributed by atoms with Gasteiger partial charge in [0.05, 0.1) is 0 Å². The van der Waals surface area contributed by atoms with E-state index in [0.29, 0.717) is 0 Å². The van der Waals surface area contributed by atoms with Crippen molar-refractivity contribution in [1.29, 1.82) is 0 Å². The van der Waals surface area contributed by atoms with Gasteiger partial charge in [-0.2, -0.15) is 0 Å². The summed E-state index contributed by atoms with van der Waals surface area (Å²) in [4.78, 5) is 0. The fraction of sp³-hybridized carbons (Fsp3) is 0. The largest absolute Gasteiger partial charge is 0.0622 e. The van der Waals surface area contributed by atoms with Gasteiger partial charge in [0.25, 0.3) is 0 Å². The SMILES string of the molecule is c1ccc(-c2ccc(-c3c4ccccc4c4c5ccc(-c6ccccc6-c6ccccc6)c6cc7ccccc7c(c7cccc3c74)c65)c(-c3ccccc3)c2)cc1. The minimum atomic E-state index is 1.21. The zero-order chi connectivity index (χ0) is 38.2. The molecular weight excluding hydrogens is 697 g/mol. The molecule has 0 radical (unpaired) electrons. The molecule has 0 nitrogen and oxygen atoms in total. The lowest BCUT2D eigenvalue weighted by Gasteiger charge is -2.23. The van der Waals surface area contributed by atoms with Crippen LogP contribution in [0, 0.1) is 0 Å². The normalized spacial score (nSPS) is 11.8. The molecule has 0 heteroatoms. The van der Waals surface area contributed by atoms with Crippen LogP contribution in [0.1, 0.15) is 0 Å². The van der Waals surface area contributed by atoms with Crippen molar-refractivity contribution in [2.75, 3.05) is 0 Å². The van der Waals surface area contributed by atoms with Crippen LogP contribution in [0.2, 0.25) is 0 Å². The van der Waals surface area contributed by atoms with Gasteiger partial charge < -0.3 is 0 Å². The summed E-state index contributed by atoms with van der Waals surface area (Å²) in [6.45, 7) is 0. The molecule has 12 rings (SSSR count). The average Bonchev–Trinajstić information content (AvgIpc) is 3.30. The quantitative estimate of drug-likeness (QED) is 0.122. The third-order valence-corrected chi connectivity index (χ3v) is 12.4. The van der Waals surface area contributed by atoms with E-state index >= 15 is 0 Å². The van der Waals surface area contributed by atoms with Crippen molar-refractivity contribution in [3.8, 4) is 55.6 Å². The monoisotopic (exact) mass is 732 g/mol. The van der Waals surface area contributed by atoms with Crippen LogP contribution >= 0.6 is 0 Å². The predicted octanol–water partition coefficient (Wildman–Crippen LogP) is 16.4. The van der Waals surface area contributed by atoms with Crippen LogP contribution in [0.15, 0.2) is 218 Å². The summed E-state index contributed by atoms with van der Waals surface area (Å²) in [5.41, 5.74) is 12.4. The standard InChI is InChI=1S/C58H36/c1-4-17-37(18-5-1)40-31-32-48(52(35-40)39-21-8-3-9-22-39)54-46-27-14-15-28-47(46)56-51-34-33-45(44-26-13-12-24-42(44)38-19-6-2-7-20-38)53-36-41-23-10-11-25-43(41)55(58(51)53)50-30-16-29-49(54)57(50)56/h1-36H. The second kappa shape index (κ2) is 13.0. The lowest BCUT2D eigenvalue weighted by Crippen LogP contribution is -1.95. The molecule has 0 N–H and O–H groups in total. The molecule has 12 aromatic carbocycles. The Bertz CT molecular complexity index is 3530. The molecule has 0 unspecified atom stereocenters. The average molecular weight is 733 g/mol. The van der Waals surface area contributed by atoms with E-state index in [1.807, 2.05) is 0 Å². The van der Waals surface area contributed by atoms with E-state index in [2.05, 4.69) is 218 Å². The Morgan fingerprint density at radius 1 is 0.190 bits per heavy atom. The van der Waals surface area contributed by atoms with Crippen molar-refractivity contribution in [2.45, 2.75) is 0 Å². The van der Waals surface area contributed by atoms with E-state index in [-0.39, 0.29) is 0 Å². The van der Waals surface area contributed by atoms with Crippen molar-refractivity contribution < 1.29 is 0 Å². The molecule has 0 saturated heterocycles. The fourth-order valence-corrected chi connectivity index (χ4v) is 9.93. The van der Waals surface area contributed by atoms with E-state index in [4.69, 9.17) is 0 Å². The van der Waals surface area contributed by atoms with Crippen LogP contribution in [-0.4, -0.2) is 0 Å². The predicted molar refractivity (Wildman–Crippen MR) is 250 cm³/mol. The van der Waals surface area contributed by atoms with Gasteiger partial charge in [0.15, 0.2) is 0 Å². The molecule has 0 atom stereocenters. The molecule has 0 aromatic heterocycles. The zero-order valence-electron chi connectivity index (χ0n) is 31.8. The van der Waals surface area contributed by atoms with Crippen LogP contribution in [0.5, 0.6) is 0 Å². The third-order valence-electron chi connectivity index (χ3n) is 12.4. The van der Waals surface area contributed by atoms with Gasteiger partial charge in [0, 0.05) is 0 Å². The Morgan fingerprint density at radius 3 is 1.45 bits per heavy atom. The van der Waals surface area contributed by atoms with Crippen LogP contribution in [0.4, 0.5) is 0 Å². The maximum absolute atomic E-state index is 2.44. The number of hydrogen-bond acceptors (Lipinski definition) is 0. The Balaban J connectivity index is 1.24. The highest BCUT2D eigenvalue weighted by Crippen LogP contribution is 2.52. The Labute approximate surface area is 337 Å². The van der Waals surface area contributed by atoms with E-state index in [1.165, 1.54) is 120 Å². The molecular formula is C58H36. The molecule has 0 aliphatic carbocycles. The van der Waals surface area contributed by atoms with Crippen molar-refractivity contribution in [1.82, 2.24) is 0 Å². The van der Waals surface area contributed by atoms with Crippen LogP contribution in [-0.2, 0) is 0 Å². The molecule has 0 fully saturated rings. The second-order valence-electron chi connectivity index (χ2n) is 15.5. The van der Waals surface area contributed by atoms with Crippen LogP contribution in [0.25, 0.3) is 120 Å². The smallest absolute Gasteiger partial charge is 0.00134 e. The summed E-state index contributed by atoms with van der Waals surface area (Å²) in [6, 6.07) is 80.7. The molecule has 268 valence electrons. The second-order valence-corrected chi connectivity index (χ2v) is 15.5. The zero-order valence-corrected chi connectivity index (χ0v) is 31.8. The number of rotatable bonds is 5. The molecule has 0 bridgehead atoms. The fourth-order valence-electron chi connectivity index (χ4n) is 9.93. The van der Waals surface area contributed by atoms with Crippen LogP contribution in [0.3, 0.4) is 0 Å². The summed E-state index contributed by atoms with van der Waals surface area (Å²) in [5.74, 6) is 0. The summed E-state index contributed by atoms with van der Waals surface area (Å²) < 4.78 is 0. The number of benzene rings is 12. The first-order chi connectivity index (χ1) is 28.8. The Hall–Kier alpha value is -7.54. The van der Waals surface area contributed by atoms with Gasteiger partial charge in [-0.3, -0.25) is 0 Å². The summed E-state index contributed by atoms with van der Waals surface area (Å²) in [5, 5.41) is 15.5. The molecule has 0 spiro atoms. The van der Waals surface area contributed by atoms with Gasteiger partial charge in [-0.15, -0.1) is 0 Å². The molecule has 58 heavy (non-hydrogen) atoms. The van der Waals surface area contributed by atoms with E-state index < -0.39 is 0 Å². The molecule has 12 aromatic rings.